The van der Waals surface area contributed by atoms with Crippen LogP contribution < -0.4 is 11.1 Å². The van der Waals surface area contributed by atoms with E-state index >= 15 is 0 Å². The van der Waals surface area contributed by atoms with Gasteiger partial charge in [0.2, 0.25) is 0 Å². The number of nitrogens with zero attached hydrogens (tertiary/aromatic N) is 4. The summed E-state index contributed by atoms with van der Waals surface area (Å²) in [7, 11) is 1.50. The van der Waals surface area contributed by atoms with Gasteiger partial charge >= 0.3 is 0 Å². The SMILES string of the molecule is C=Nc1c(-c2cnc3ccccc3c2)cnn1/C(N)=C\N[C@@H](CCC)C(=O)COC. The van der Waals surface area contributed by atoms with Gasteiger partial charge in [-0.05, 0) is 25.3 Å². The zero-order valence-electron chi connectivity index (χ0n) is 17.2. The van der Waals surface area contributed by atoms with Gasteiger partial charge in [0.1, 0.15) is 12.4 Å². The number of pyridine rings is 1. The molecule has 8 heteroatoms. The standard InChI is InChI=1S/C22H26N6O2/c1-4-7-19(20(29)14-30-3)26-13-21(23)28-22(24-2)17(12-27-28)16-10-15-8-5-6-9-18(15)25-11-16/h5-6,8-13,19,26H,2,4,7,14,23H2,1,3H3/b21-13-/t19-/m0/s1. The lowest BCUT2D eigenvalue weighted by atomic mass is 10.1. The molecule has 8 nitrogen and oxygen atoms in total. The Labute approximate surface area is 175 Å². The number of carbonyl (C=O) groups excluding carboxylic acids is 1. The molecule has 1 aromatic carbocycles. The molecular formula is C22H26N6O2. The Balaban J connectivity index is 1.89. The minimum Gasteiger partial charge on any atom is -0.382 e. The number of ether oxygens (including phenoxy) is 1. The summed E-state index contributed by atoms with van der Waals surface area (Å²) in [6.45, 7) is 5.73. The molecule has 1 atom stereocenters. The second-order valence-corrected chi connectivity index (χ2v) is 6.84. The Morgan fingerprint density at radius 1 is 1.40 bits per heavy atom. The summed E-state index contributed by atoms with van der Waals surface area (Å²) in [5.74, 6) is 0.760. The van der Waals surface area contributed by atoms with Crippen LogP contribution in [0.2, 0.25) is 0 Å². The number of benzene rings is 1. The summed E-state index contributed by atoms with van der Waals surface area (Å²) in [5, 5.41) is 8.45. The number of methoxy groups -OCH3 is 1. The van der Waals surface area contributed by atoms with Crippen LogP contribution in [0.25, 0.3) is 27.9 Å². The Kier molecular flexibility index (Phi) is 6.92. The second-order valence-electron chi connectivity index (χ2n) is 6.84. The topological polar surface area (TPSA) is 107 Å². The molecule has 3 rings (SSSR count). The van der Waals surface area contributed by atoms with Gasteiger partial charge in [-0.2, -0.15) is 9.78 Å². The van der Waals surface area contributed by atoms with E-state index in [0.29, 0.717) is 18.1 Å². The van der Waals surface area contributed by atoms with Gasteiger partial charge in [-0.25, -0.2) is 4.99 Å². The summed E-state index contributed by atoms with van der Waals surface area (Å²) in [6, 6.07) is 9.52. The minimum atomic E-state index is -0.381. The van der Waals surface area contributed by atoms with Crippen molar-refractivity contribution in [3.8, 4) is 11.1 Å². The zero-order valence-corrected chi connectivity index (χ0v) is 17.2. The number of hydrogen-bond donors (Lipinski definition) is 2. The lowest BCUT2D eigenvalue weighted by molar-refractivity contribution is -0.124. The van der Waals surface area contributed by atoms with E-state index in [1.54, 1.807) is 18.6 Å². The number of para-hydroxylation sites is 1. The van der Waals surface area contributed by atoms with E-state index in [9.17, 15) is 4.79 Å². The number of nitrogens with two attached hydrogens (primary N) is 1. The van der Waals surface area contributed by atoms with Crippen LogP contribution in [-0.4, -0.2) is 47.0 Å². The van der Waals surface area contributed by atoms with Crippen molar-refractivity contribution >= 4 is 35.0 Å². The molecule has 2 aromatic heterocycles. The Hall–Kier alpha value is -3.52. The third-order valence-electron chi connectivity index (χ3n) is 4.72. The highest BCUT2D eigenvalue weighted by atomic mass is 16.5. The predicted octanol–water partition coefficient (Wildman–Crippen LogP) is 3.12. The van der Waals surface area contributed by atoms with Crippen LogP contribution in [0.15, 0.2) is 53.9 Å². The van der Waals surface area contributed by atoms with E-state index in [-0.39, 0.29) is 18.4 Å². The van der Waals surface area contributed by atoms with Crippen LogP contribution in [0.4, 0.5) is 5.82 Å². The van der Waals surface area contributed by atoms with Crippen LogP contribution >= 0.6 is 0 Å². The molecule has 0 aliphatic carbocycles. The maximum Gasteiger partial charge on any atom is 0.180 e. The molecule has 0 fully saturated rings. The average molecular weight is 406 g/mol. The molecule has 156 valence electrons. The number of fused-ring (bicyclic) bond motifs is 1. The predicted molar refractivity (Wildman–Crippen MR) is 119 cm³/mol. The molecule has 0 aliphatic heterocycles. The molecule has 0 saturated carbocycles. The lowest BCUT2D eigenvalue weighted by Crippen LogP contribution is -2.36. The van der Waals surface area contributed by atoms with Crippen LogP contribution in [0.1, 0.15) is 19.8 Å². The highest BCUT2D eigenvalue weighted by Crippen LogP contribution is 2.32. The molecule has 0 radical (unpaired) electrons. The van der Waals surface area contributed by atoms with E-state index in [2.05, 4.69) is 27.1 Å². The second kappa shape index (κ2) is 9.80. The van der Waals surface area contributed by atoms with E-state index in [0.717, 1.165) is 28.5 Å². The lowest BCUT2D eigenvalue weighted by Gasteiger charge is -2.16. The molecule has 3 aromatic rings. The molecule has 0 bridgehead atoms. The van der Waals surface area contributed by atoms with Crippen molar-refractivity contribution in [3.63, 3.8) is 0 Å². The van der Waals surface area contributed by atoms with E-state index in [4.69, 9.17) is 10.5 Å². The normalized spacial score (nSPS) is 12.7. The van der Waals surface area contributed by atoms with Crippen molar-refractivity contribution < 1.29 is 9.53 Å². The first-order valence-corrected chi connectivity index (χ1v) is 9.72. The summed E-state index contributed by atoms with van der Waals surface area (Å²) in [6.07, 6.45) is 6.54. The summed E-state index contributed by atoms with van der Waals surface area (Å²) < 4.78 is 6.43. The van der Waals surface area contributed by atoms with Crippen molar-refractivity contribution in [2.45, 2.75) is 25.8 Å². The summed E-state index contributed by atoms with van der Waals surface area (Å²) >= 11 is 0. The molecule has 0 unspecified atom stereocenters. The molecule has 2 heterocycles. The number of carbonyl (C=O) groups is 1. The van der Waals surface area contributed by atoms with Gasteiger partial charge in [0.25, 0.3) is 0 Å². The van der Waals surface area contributed by atoms with Gasteiger partial charge in [0, 0.05) is 36.0 Å². The smallest absolute Gasteiger partial charge is 0.180 e. The maximum atomic E-state index is 12.2. The third-order valence-corrected chi connectivity index (χ3v) is 4.72. The van der Waals surface area contributed by atoms with Gasteiger partial charge in [0.15, 0.2) is 11.6 Å². The zero-order chi connectivity index (χ0) is 21.5. The summed E-state index contributed by atoms with van der Waals surface area (Å²) in [4.78, 5) is 20.8. The van der Waals surface area contributed by atoms with Crippen LogP contribution in [-0.2, 0) is 9.53 Å². The minimum absolute atomic E-state index is 0.0335. The highest BCUT2D eigenvalue weighted by Gasteiger charge is 2.17. The van der Waals surface area contributed by atoms with E-state index in [1.807, 2.05) is 37.3 Å². The highest BCUT2D eigenvalue weighted by molar-refractivity contribution is 5.86. The van der Waals surface area contributed by atoms with Crippen LogP contribution in [0.5, 0.6) is 0 Å². The van der Waals surface area contributed by atoms with Gasteiger partial charge in [-0.1, -0.05) is 31.5 Å². The largest absolute Gasteiger partial charge is 0.382 e. The number of hydrogen-bond acceptors (Lipinski definition) is 7. The van der Waals surface area contributed by atoms with Crippen LogP contribution in [0, 0.1) is 0 Å². The number of nitrogens with one attached hydrogen (secondary N) is 1. The van der Waals surface area contributed by atoms with Crippen molar-refractivity contribution in [2.24, 2.45) is 10.7 Å². The van der Waals surface area contributed by atoms with Gasteiger partial charge in [-0.3, -0.25) is 9.78 Å². The number of rotatable bonds is 10. The van der Waals surface area contributed by atoms with E-state index < -0.39 is 0 Å². The molecule has 0 saturated heterocycles. The molecule has 0 aliphatic rings. The summed E-state index contributed by atoms with van der Waals surface area (Å²) in [5.41, 5.74) is 8.76. The molecule has 0 amide bonds. The molecule has 30 heavy (non-hydrogen) atoms. The first kappa shape index (κ1) is 21.2. The van der Waals surface area contributed by atoms with Gasteiger partial charge in [0.05, 0.1) is 17.8 Å². The number of ketones is 1. The van der Waals surface area contributed by atoms with Crippen molar-refractivity contribution in [3.05, 3.63) is 48.9 Å². The van der Waals surface area contributed by atoms with Crippen molar-refractivity contribution in [1.82, 2.24) is 20.1 Å². The van der Waals surface area contributed by atoms with Gasteiger partial charge < -0.3 is 15.8 Å². The Morgan fingerprint density at radius 2 is 2.20 bits per heavy atom. The molecule has 0 spiro atoms. The Bertz CT molecular complexity index is 1070. The molecule has 3 N–H and O–H groups in total. The first-order valence-electron chi connectivity index (χ1n) is 9.72. The maximum absolute atomic E-state index is 12.2. The first-order chi connectivity index (χ1) is 14.6. The number of Topliss-reactive ketones (excluding diaryl/α,β-unsaturated/α-hetero) is 1. The average Bonchev–Trinajstić information content (AvgIpc) is 3.20. The number of aliphatic imine (C=N–C) groups is 1. The Morgan fingerprint density at radius 3 is 2.93 bits per heavy atom. The third kappa shape index (κ3) is 4.55. The fraction of sp³-hybridized carbons (Fsp3) is 0.273. The fourth-order valence-electron chi connectivity index (χ4n) is 3.22. The van der Waals surface area contributed by atoms with Crippen molar-refractivity contribution in [1.29, 1.82) is 0 Å². The van der Waals surface area contributed by atoms with Crippen molar-refractivity contribution in [2.75, 3.05) is 13.7 Å². The molecular weight excluding hydrogens is 380 g/mol. The number of aromatic nitrogens is 3. The van der Waals surface area contributed by atoms with Gasteiger partial charge in [-0.15, -0.1) is 0 Å². The van der Waals surface area contributed by atoms with Crippen LogP contribution in [0.3, 0.4) is 0 Å². The quantitative estimate of drug-likeness (QED) is 0.501. The fourth-order valence-corrected chi connectivity index (χ4v) is 3.22. The van der Waals surface area contributed by atoms with E-state index in [1.165, 1.54) is 11.8 Å². The monoisotopic (exact) mass is 406 g/mol.